The molecule has 1 aliphatic heterocycles. The lowest BCUT2D eigenvalue weighted by Gasteiger charge is -2.29. The second-order valence-electron chi connectivity index (χ2n) is 6.26. The Kier molecular flexibility index (Phi) is 4.20. The minimum Gasteiger partial charge on any atom is -0.340 e. The third kappa shape index (κ3) is 3.01. The van der Waals surface area contributed by atoms with Gasteiger partial charge in [0, 0.05) is 36.6 Å². The van der Waals surface area contributed by atoms with E-state index in [-0.39, 0.29) is 0 Å². The van der Waals surface area contributed by atoms with Crippen molar-refractivity contribution in [3.63, 3.8) is 0 Å². The molecule has 4 heterocycles. The molecule has 0 radical (unpaired) electrons. The van der Waals surface area contributed by atoms with E-state index in [1.54, 1.807) is 18.6 Å². The summed E-state index contributed by atoms with van der Waals surface area (Å²) in [4.78, 5) is 11.3. The third-order valence-corrected chi connectivity index (χ3v) is 5.00. The van der Waals surface area contributed by atoms with Crippen molar-refractivity contribution in [2.75, 3.05) is 25.5 Å². The fourth-order valence-electron chi connectivity index (χ4n) is 3.24. The second-order valence-corrected chi connectivity index (χ2v) is 7.11. The molecule has 1 atom stereocenters. The van der Waals surface area contributed by atoms with Crippen molar-refractivity contribution in [1.29, 1.82) is 0 Å². The quantitative estimate of drug-likeness (QED) is 0.746. The summed E-state index contributed by atoms with van der Waals surface area (Å²) in [6.45, 7) is 2.21. The highest BCUT2D eigenvalue weighted by Crippen LogP contribution is 2.30. The van der Waals surface area contributed by atoms with Crippen molar-refractivity contribution in [2.45, 2.75) is 18.8 Å². The molecule has 1 unspecified atom stereocenters. The standard InChI is InChI=1S/C17H19BrN6/c1-23-8-2-3-12(11-23)15-9-16(21-13-4-6-19-7-5-13)24-17(22-15)14(18)10-20-24/h4-7,9-10,12H,2-3,8,11H2,1H3,(H,19,21). The van der Waals surface area contributed by atoms with Gasteiger partial charge in [0.25, 0.3) is 0 Å². The average Bonchev–Trinajstić information content (AvgIpc) is 2.97. The minimum atomic E-state index is 0.452. The molecule has 1 N–H and O–H groups in total. The van der Waals surface area contributed by atoms with Crippen LogP contribution < -0.4 is 5.32 Å². The molecule has 1 saturated heterocycles. The molecule has 6 nitrogen and oxygen atoms in total. The van der Waals surface area contributed by atoms with Crippen LogP contribution in [-0.2, 0) is 0 Å². The van der Waals surface area contributed by atoms with Crippen LogP contribution in [0.25, 0.3) is 5.65 Å². The van der Waals surface area contributed by atoms with E-state index < -0.39 is 0 Å². The number of piperidine rings is 1. The number of fused-ring (bicyclic) bond motifs is 1. The third-order valence-electron chi connectivity index (χ3n) is 4.44. The van der Waals surface area contributed by atoms with E-state index in [4.69, 9.17) is 4.98 Å². The Hall–Kier alpha value is -1.99. The Bertz CT molecular complexity index is 847. The lowest BCUT2D eigenvalue weighted by atomic mass is 9.95. The largest absolute Gasteiger partial charge is 0.340 e. The van der Waals surface area contributed by atoms with Gasteiger partial charge in [-0.15, -0.1) is 0 Å². The fourth-order valence-corrected chi connectivity index (χ4v) is 3.59. The van der Waals surface area contributed by atoms with E-state index in [9.17, 15) is 0 Å². The van der Waals surface area contributed by atoms with Crippen molar-refractivity contribution in [1.82, 2.24) is 24.5 Å². The molecule has 1 fully saturated rings. The first-order valence-corrected chi connectivity index (χ1v) is 8.90. The Morgan fingerprint density at radius 2 is 2.12 bits per heavy atom. The van der Waals surface area contributed by atoms with Crippen molar-refractivity contribution in [3.8, 4) is 0 Å². The molecule has 0 aliphatic carbocycles. The SMILES string of the molecule is CN1CCCC(c2cc(Nc3ccncc3)n3ncc(Br)c3n2)C1. The van der Waals surface area contributed by atoms with E-state index in [1.165, 1.54) is 12.8 Å². The van der Waals surface area contributed by atoms with Crippen LogP contribution in [0.2, 0.25) is 0 Å². The van der Waals surface area contributed by atoms with Crippen molar-refractivity contribution in [3.05, 3.63) is 47.0 Å². The van der Waals surface area contributed by atoms with Gasteiger partial charge >= 0.3 is 0 Å². The van der Waals surface area contributed by atoms with Gasteiger partial charge in [0.05, 0.1) is 16.4 Å². The average molecular weight is 387 g/mol. The lowest BCUT2D eigenvalue weighted by Crippen LogP contribution is -2.31. The zero-order valence-electron chi connectivity index (χ0n) is 13.5. The molecule has 0 amide bonds. The molecular weight excluding hydrogens is 368 g/mol. The maximum Gasteiger partial charge on any atom is 0.171 e. The molecule has 0 spiro atoms. The number of rotatable bonds is 3. The van der Waals surface area contributed by atoms with Gasteiger partial charge in [-0.05, 0) is 54.5 Å². The number of nitrogens with zero attached hydrogens (tertiary/aromatic N) is 5. The zero-order chi connectivity index (χ0) is 16.5. The van der Waals surface area contributed by atoms with E-state index in [0.29, 0.717) is 5.92 Å². The van der Waals surface area contributed by atoms with Gasteiger partial charge in [0.1, 0.15) is 5.82 Å². The van der Waals surface area contributed by atoms with Gasteiger partial charge in [0.2, 0.25) is 0 Å². The van der Waals surface area contributed by atoms with Crippen molar-refractivity contribution < 1.29 is 0 Å². The monoisotopic (exact) mass is 386 g/mol. The fraction of sp³-hybridized carbons (Fsp3) is 0.353. The number of aromatic nitrogens is 4. The van der Waals surface area contributed by atoms with Gasteiger partial charge in [-0.1, -0.05) is 0 Å². The molecule has 3 aromatic heterocycles. The Morgan fingerprint density at radius 1 is 1.29 bits per heavy atom. The molecule has 0 bridgehead atoms. The van der Waals surface area contributed by atoms with Crippen LogP contribution in [0.1, 0.15) is 24.5 Å². The molecule has 3 aromatic rings. The number of halogens is 1. The number of pyridine rings is 1. The summed E-state index contributed by atoms with van der Waals surface area (Å²) in [7, 11) is 2.18. The summed E-state index contributed by atoms with van der Waals surface area (Å²) >= 11 is 3.56. The number of likely N-dealkylation sites (N-methyl/N-ethyl adjacent to an activating group) is 1. The molecule has 7 heteroatoms. The summed E-state index contributed by atoms with van der Waals surface area (Å²) in [5.74, 6) is 1.37. The minimum absolute atomic E-state index is 0.452. The molecule has 0 aromatic carbocycles. The maximum atomic E-state index is 4.87. The molecule has 124 valence electrons. The number of anilines is 2. The van der Waals surface area contributed by atoms with Crippen LogP contribution in [0.15, 0.2) is 41.3 Å². The van der Waals surface area contributed by atoms with Crippen LogP contribution in [0.3, 0.4) is 0 Å². The van der Waals surface area contributed by atoms with Gasteiger partial charge in [-0.25, -0.2) is 4.98 Å². The number of hydrogen-bond donors (Lipinski definition) is 1. The summed E-state index contributed by atoms with van der Waals surface area (Å²) in [6.07, 6.45) is 7.72. The highest BCUT2D eigenvalue weighted by Gasteiger charge is 2.22. The van der Waals surface area contributed by atoms with Crippen LogP contribution in [0, 0.1) is 0 Å². The predicted octanol–water partition coefficient (Wildman–Crippen LogP) is 3.44. The van der Waals surface area contributed by atoms with Crippen molar-refractivity contribution in [2.24, 2.45) is 0 Å². The Balaban J connectivity index is 1.76. The highest BCUT2D eigenvalue weighted by atomic mass is 79.9. The van der Waals surface area contributed by atoms with Gasteiger partial charge < -0.3 is 10.2 Å². The van der Waals surface area contributed by atoms with Gasteiger partial charge in [-0.3, -0.25) is 4.98 Å². The van der Waals surface area contributed by atoms with Gasteiger partial charge in [0.15, 0.2) is 5.65 Å². The lowest BCUT2D eigenvalue weighted by molar-refractivity contribution is 0.248. The molecule has 1 aliphatic rings. The first-order chi connectivity index (χ1) is 11.7. The van der Waals surface area contributed by atoms with Crippen LogP contribution in [0.5, 0.6) is 0 Å². The number of hydrogen-bond acceptors (Lipinski definition) is 5. The van der Waals surface area contributed by atoms with E-state index >= 15 is 0 Å². The molecule has 24 heavy (non-hydrogen) atoms. The highest BCUT2D eigenvalue weighted by molar-refractivity contribution is 9.10. The molecular formula is C17H19BrN6. The maximum absolute atomic E-state index is 4.87. The smallest absolute Gasteiger partial charge is 0.171 e. The van der Waals surface area contributed by atoms with E-state index in [1.807, 2.05) is 16.6 Å². The summed E-state index contributed by atoms with van der Waals surface area (Å²) in [5, 5.41) is 7.87. The zero-order valence-corrected chi connectivity index (χ0v) is 15.1. The van der Waals surface area contributed by atoms with Crippen LogP contribution in [0.4, 0.5) is 11.5 Å². The molecule has 4 rings (SSSR count). The predicted molar refractivity (Wildman–Crippen MR) is 97.7 cm³/mol. The van der Waals surface area contributed by atoms with Gasteiger partial charge in [-0.2, -0.15) is 9.61 Å². The summed E-state index contributed by atoms with van der Waals surface area (Å²) in [5.41, 5.74) is 2.94. The summed E-state index contributed by atoms with van der Waals surface area (Å²) in [6, 6.07) is 6.01. The Morgan fingerprint density at radius 3 is 2.92 bits per heavy atom. The normalized spacial score (nSPS) is 18.8. The van der Waals surface area contributed by atoms with Crippen molar-refractivity contribution >= 4 is 33.1 Å². The van der Waals surface area contributed by atoms with E-state index in [2.05, 4.69) is 49.3 Å². The van der Waals surface area contributed by atoms with E-state index in [0.717, 1.165) is 40.4 Å². The van der Waals surface area contributed by atoms with Crippen LogP contribution >= 0.6 is 15.9 Å². The van der Waals surface area contributed by atoms with Crippen LogP contribution in [-0.4, -0.2) is 44.6 Å². The Labute approximate surface area is 149 Å². The first kappa shape index (κ1) is 15.5. The first-order valence-electron chi connectivity index (χ1n) is 8.10. The molecule has 0 saturated carbocycles. The summed E-state index contributed by atoms with van der Waals surface area (Å²) < 4.78 is 2.74. The topological polar surface area (TPSA) is 58.4 Å². The number of likely N-dealkylation sites (tertiary alicyclic amines) is 1. The second kappa shape index (κ2) is 6.49. The number of nitrogens with one attached hydrogen (secondary N) is 1.